The molecule has 0 unspecified atom stereocenters. The maximum absolute atomic E-state index is 13.6. The molecule has 10 heteroatoms. The van der Waals surface area contributed by atoms with E-state index in [4.69, 9.17) is 9.52 Å². The van der Waals surface area contributed by atoms with Gasteiger partial charge in [0.25, 0.3) is 15.9 Å². The monoisotopic (exact) mass is 521 g/mol. The number of amides is 1. The van der Waals surface area contributed by atoms with Crippen LogP contribution in [0.2, 0.25) is 0 Å². The van der Waals surface area contributed by atoms with E-state index in [1.54, 1.807) is 42.7 Å². The molecular formula is C27H31N5O4S. The van der Waals surface area contributed by atoms with E-state index in [0.29, 0.717) is 29.5 Å². The Balaban J connectivity index is 1.28. The molecular weight excluding hydrogens is 490 g/mol. The highest BCUT2D eigenvalue weighted by molar-refractivity contribution is 7.92. The quantitative estimate of drug-likeness (QED) is 0.483. The molecule has 1 aliphatic heterocycles. The second-order valence-corrected chi connectivity index (χ2v) is 12.1. The smallest absolute Gasteiger partial charge is 0.265 e. The number of hydrogen-bond acceptors (Lipinski definition) is 6. The Morgan fingerprint density at radius 1 is 1.11 bits per heavy atom. The summed E-state index contributed by atoms with van der Waals surface area (Å²) in [5.41, 5.74) is 1.52. The first-order valence-corrected chi connectivity index (χ1v) is 14.4. The van der Waals surface area contributed by atoms with Gasteiger partial charge in [-0.1, -0.05) is 36.6 Å². The van der Waals surface area contributed by atoms with Gasteiger partial charge in [0.1, 0.15) is 22.0 Å². The minimum absolute atomic E-state index is 0.121. The van der Waals surface area contributed by atoms with Gasteiger partial charge >= 0.3 is 0 Å². The average Bonchev–Trinajstić information content (AvgIpc) is 3.62. The van der Waals surface area contributed by atoms with E-state index in [9.17, 15) is 13.2 Å². The number of sulfonamides is 1. The van der Waals surface area contributed by atoms with Gasteiger partial charge in [0.15, 0.2) is 5.82 Å². The summed E-state index contributed by atoms with van der Waals surface area (Å²) in [6, 6.07) is 8.75. The van der Waals surface area contributed by atoms with Gasteiger partial charge in [0.05, 0.1) is 12.2 Å². The predicted molar refractivity (Wildman–Crippen MR) is 139 cm³/mol. The van der Waals surface area contributed by atoms with Crippen LogP contribution in [0.3, 0.4) is 0 Å². The van der Waals surface area contributed by atoms with E-state index in [2.05, 4.69) is 9.88 Å². The van der Waals surface area contributed by atoms with Crippen molar-refractivity contribution in [2.45, 2.75) is 75.8 Å². The fourth-order valence-electron chi connectivity index (χ4n) is 5.56. The second-order valence-electron chi connectivity index (χ2n) is 10.4. The number of aliphatic imine (C=N–C) groups is 1. The maximum atomic E-state index is 13.6. The molecule has 1 amide bonds. The largest absolute Gasteiger partial charge is 0.359 e. The van der Waals surface area contributed by atoms with Crippen LogP contribution in [0.15, 0.2) is 57.1 Å². The second kappa shape index (κ2) is 8.86. The highest BCUT2D eigenvalue weighted by Crippen LogP contribution is 2.43. The first-order valence-electron chi connectivity index (χ1n) is 12.9. The Hall–Kier alpha value is -3.40. The van der Waals surface area contributed by atoms with Crippen LogP contribution in [-0.4, -0.2) is 40.3 Å². The molecule has 2 saturated carbocycles. The highest BCUT2D eigenvalue weighted by atomic mass is 32.2. The number of benzene rings is 1. The number of amidine groups is 1. The molecule has 0 saturated heterocycles. The summed E-state index contributed by atoms with van der Waals surface area (Å²) in [7, 11) is -3.93. The van der Waals surface area contributed by atoms with Gasteiger partial charge in [0, 0.05) is 23.9 Å². The lowest BCUT2D eigenvalue weighted by molar-refractivity contribution is -0.131. The van der Waals surface area contributed by atoms with Crippen molar-refractivity contribution in [3.05, 3.63) is 59.6 Å². The Kier molecular flexibility index (Phi) is 5.74. The number of nitrogens with one attached hydrogen (secondary N) is 1. The first kappa shape index (κ1) is 24.0. The highest BCUT2D eigenvalue weighted by Gasteiger charge is 2.51. The van der Waals surface area contributed by atoms with E-state index >= 15 is 0 Å². The molecule has 194 valence electrons. The zero-order chi connectivity index (χ0) is 25.8. The Morgan fingerprint density at radius 3 is 2.54 bits per heavy atom. The summed E-state index contributed by atoms with van der Waals surface area (Å²) in [6.45, 7) is 3.92. The molecule has 3 aromatic rings. The van der Waals surface area contributed by atoms with Crippen molar-refractivity contribution in [2.24, 2.45) is 10.9 Å². The molecule has 9 nitrogen and oxygen atoms in total. The third-order valence-corrected chi connectivity index (χ3v) is 9.45. The van der Waals surface area contributed by atoms with Crippen molar-refractivity contribution in [2.75, 3.05) is 4.72 Å². The number of anilines is 1. The molecule has 1 aromatic carbocycles. The van der Waals surface area contributed by atoms with Crippen LogP contribution < -0.4 is 4.72 Å². The molecule has 2 aromatic heterocycles. The molecule has 3 aliphatic rings. The number of aryl methyl sites for hydroxylation is 1. The minimum Gasteiger partial charge on any atom is -0.359 e. The maximum Gasteiger partial charge on any atom is 0.265 e. The molecule has 6 rings (SSSR count). The van der Waals surface area contributed by atoms with Crippen molar-refractivity contribution in [3.8, 4) is 5.69 Å². The van der Waals surface area contributed by atoms with E-state index < -0.39 is 15.6 Å². The van der Waals surface area contributed by atoms with Crippen molar-refractivity contribution in [1.82, 2.24) is 14.6 Å². The Labute approximate surface area is 216 Å². The van der Waals surface area contributed by atoms with Crippen LogP contribution in [0.25, 0.3) is 5.69 Å². The normalized spacial score (nSPS) is 19.5. The van der Waals surface area contributed by atoms with E-state index in [1.807, 2.05) is 23.4 Å². The van der Waals surface area contributed by atoms with E-state index in [1.165, 1.54) is 6.42 Å². The van der Waals surface area contributed by atoms with Crippen molar-refractivity contribution in [1.29, 1.82) is 0 Å². The van der Waals surface area contributed by atoms with Crippen molar-refractivity contribution < 1.29 is 17.7 Å². The lowest BCUT2D eigenvalue weighted by Gasteiger charge is -2.30. The molecule has 1 spiro atoms. The number of para-hydroxylation sites is 1. The predicted octanol–water partition coefficient (Wildman–Crippen LogP) is 4.74. The fraction of sp³-hybridized carbons (Fsp3) is 0.444. The number of aromatic nitrogens is 2. The summed E-state index contributed by atoms with van der Waals surface area (Å²) in [6.07, 6.45) is 10.8. The Morgan fingerprint density at radius 2 is 1.86 bits per heavy atom. The molecule has 2 fully saturated rings. The molecule has 0 bridgehead atoms. The van der Waals surface area contributed by atoms with Crippen molar-refractivity contribution in [3.63, 3.8) is 0 Å². The zero-order valence-corrected chi connectivity index (χ0v) is 21.9. The van der Waals surface area contributed by atoms with Gasteiger partial charge in [-0.2, -0.15) is 0 Å². The summed E-state index contributed by atoms with van der Waals surface area (Å²) in [5.74, 6) is 2.19. The summed E-state index contributed by atoms with van der Waals surface area (Å²) < 4.78 is 36.1. The standard InChI is InChI=1S/C27H31N5O4S/c1-18-19(2)36-29-24(18)30-37(34,35)23-11-4-3-10-22(23)31-15-12-20(16-31)17-32-25(21-8-7-9-21)28-27(26(32)33)13-5-6-14-27/h3-4,10-12,15-16,21H,5-9,13-14,17H2,1-2H3,(H,29,30). The van der Waals surface area contributed by atoms with Gasteiger partial charge in [0.2, 0.25) is 0 Å². The molecule has 2 aliphatic carbocycles. The number of nitrogens with zero attached hydrogens (tertiary/aromatic N) is 4. The molecule has 37 heavy (non-hydrogen) atoms. The average molecular weight is 522 g/mol. The number of hydrogen-bond donors (Lipinski definition) is 1. The molecule has 0 radical (unpaired) electrons. The van der Waals surface area contributed by atoms with E-state index in [-0.39, 0.29) is 16.6 Å². The van der Waals surface area contributed by atoms with Gasteiger partial charge < -0.3 is 9.09 Å². The third kappa shape index (κ3) is 4.07. The fourth-order valence-corrected chi connectivity index (χ4v) is 6.82. The van der Waals surface area contributed by atoms with E-state index in [0.717, 1.165) is 49.9 Å². The molecule has 3 heterocycles. The third-order valence-electron chi connectivity index (χ3n) is 8.07. The molecule has 1 N–H and O–H groups in total. The van der Waals surface area contributed by atoms with Crippen LogP contribution in [-0.2, 0) is 21.4 Å². The lowest BCUT2D eigenvalue weighted by Crippen LogP contribution is -2.43. The number of rotatable bonds is 7. The van der Waals surface area contributed by atoms with Gasteiger partial charge in [-0.05, 0) is 63.3 Å². The summed E-state index contributed by atoms with van der Waals surface area (Å²) >= 11 is 0. The van der Waals surface area contributed by atoms with Gasteiger partial charge in [-0.25, -0.2) is 8.42 Å². The minimum atomic E-state index is -3.93. The lowest BCUT2D eigenvalue weighted by atomic mass is 9.84. The van der Waals surface area contributed by atoms with Gasteiger partial charge in [-0.15, -0.1) is 0 Å². The van der Waals surface area contributed by atoms with Crippen LogP contribution >= 0.6 is 0 Å². The van der Waals surface area contributed by atoms with Gasteiger partial charge in [-0.3, -0.25) is 19.4 Å². The Bertz CT molecular complexity index is 1490. The van der Waals surface area contributed by atoms with Crippen LogP contribution in [0.1, 0.15) is 61.8 Å². The summed E-state index contributed by atoms with van der Waals surface area (Å²) in [5, 5.41) is 3.84. The zero-order valence-electron chi connectivity index (χ0n) is 21.1. The summed E-state index contributed by atoms with van der Waals surface area (Å²) in [4.78, 5) is 20.6. The van der Waals surface area contributed by atoms with Crippen LogP contribution in [0.4, 0.5) is 5.82 Å². The number of carbonyl (C=O) groups is 1. The molecule has 0 atom stereocenters. The first-order chi connectivity index (χ1) is 17.8. The SMILES string of the molecule is Cc1onc(NS(=O)(=O)c2ccccc2-n2ccc(CN3C(=O)C4(CCCC4)N=C3C3CCC3)c2)c1C. The van der Waals surface area contributed by atoms with Crippen LogP contribution in [0, 0.1) is 19.8 Å². The van der Waals surface area contributed by atoms with Crippen molar-refractivity contribution >= 4 is 27.6 Å². The number of carbonyl (C=O) groups excluding carboxylic acids is 1. The topological polar surface area (TPSA) is 110 Å². The van der Waals surface area contributed by atoms with Crippen LogP contribution in [0.5, 0.6) is 0 Å².